The highest BCUT2D eigenvalue weighted by molar-refractivity contribution is 5.99. The maximum Gasteiger partial charge on any atom is 0.415 e. The highest BCUT2D eigenvalue weighted by Gasteiger charge is 2.45. The number of anilines is 1. The van der Waals surface area contributed by atoms with E-state index in [1.807, 2.05) is 6.92 Å². The molecule has 3 atom stereocenters. The summed E-state index contributed by atoms with van der Waals surface area (Å²) >= 11 is 0. The molecule has 6 rings (SSSR count). The number of nitrogens with zero attached hydrogens (tertiary/aromatic N) is 4. The Morgan fingerprint density at radius 1 is 0.778 bits per heavy atom. The summed E-state index contributed by atoms with van der Waals surface area (Å²) in [6.45, 7) is 7.37. The van der Waals surface area contributed by atoms with Crippen molar-refractivity contribution in [1.82, 2.24) is 51.3 Å². The first-order valence-corrected chi connectivity index (χ1v) is 29.6. The summed E-state index contributed by atoms with van der Waals surface area (Å²) in [5.74, 6) is -4.07. The van der Waals surface area contributed by atoms with Crippen molar-refractivity contribution in [2.75, 3.05) is 91.7 Å². The number of rotatable bonds is 33. The van der Waals surface area contributed by atoms with Gasteiger partial charge >= 0.3 is 24.2 Å². The number of carbonyl (C=O) groups is 10. The molecule has 30 nitrogen and oxygen atoms in total. The molecule has 0 saturated heterocycles. The number of amides is 10. The van der Waals surface area contributed by atoms with Gasteiger partial charge in [0.1, 0.15) is 31.0 Å². The van der Waals surface area contributed by atoms with E-state index in [1.54, 1.807) is 73.9 Å². The summed E-state index contributed by atoms with van der Waals surface area (Å²) in [7, 11) is 3.03. The lowest BCUT2D eigenvalue weighted by molar-refractivity contribution is -0.172. The number of ether oxygens (including phenoxy) is 5. The number of urea groups is 1. The zero-order valence-corrected chi connectivity index (χ0v) is 51.4. The average molecular weight is 1260 g/mol. The van der Waals surface area contributed by atoms with Crippen LogP contribution in [-0.2, 0) is 84.3 Å². The number of aromatic nitrogens is 2. The van der Waals surface area contributed by atoms with Crippen molar-refractivity contribution in [2.45, 2.75) is 104 Å². The van der Waals surface area contributed by atoms with Gasteiger partial charge in [-0.2, -0.15) is 0 Å². The van der Waals surface area contributed by atoms with Gasteiger partial charge in [-0.05, 0) is 85.5 Å². The molecule has 2 aliphatic rings. The third kappa shape index (κ3) is 19.1. The first kappa shape index (κ1) is 69.8. The normalized spacial score (nSPS) is 14.3. The van der Waals surface area contributed by atoms with E-state index in [0.29, 0.717) is 47.6 Å². The van der Waals surface area contributed by atoms with Crippen LogP contribution in [0.15, 0.2) is 53.3 Å². The Bertz CT molecular complexity index is 3340. The van der Waals surface area contributed by atoms with Gasteiger partial charge in [0.15, 0.2) is 5.60 Å². The van der Waals surface area contributed by atoms with Crippen molar-refractivity contribution in [1.29, 1.82) is 0 Å². The number of esters is 1. The standard InChI is InChI=1S/C60H81N13O17/c1-7-39-40-27-38(16-17-44(40)68-52-41(39)32-73-46(52)28-43-42(55(73)80)34-88-56(81)60(43,85)8-2)90-59(84)72(6)22-21-71(5)58(83)89-33-36-12-14-37(15-13-36)67-53(78)45(11-9-19-64-57(62)82)69-54(79)51(35(3)4)70-47(74)18-24-87-26-25-86-23-10-20-63-49(76)30-66-50(77)31-65-48(75)29-61/h12-17,27-28,35,45,51,85H,7-11,18-26,29-34,61H2,1-6H3,(H,63,76)(H,65,75)(H,66,77)(H,67,78)(H,69,79)(H,70,74)(H3,62,64,82)/t45-,51-,60-/m0/s1. The molecule has 2 aliphatic heterocycles. The molecule has 2 aromatic carbocycles. The molecule has 0 spiro atoms. The van der Waals surface area contributed by atoms with Gasteiger partial charge in [0.2, 0.25) is 35.4 Å². The van der Waals surface area contributed by atoms with Crippen LogP contribution < -0.4 is 59.0 Å². The number of hydrogen-bond donors (Lipinski definition) is 10. The lowest BCUT2D eigenvalue weighted by atomic mass is 9.86. The number of nitrogens with two attached hydrogens (primary N) is 2. The molecule has 90 heavy (non-hydrogen) atoms. The summed E-state index contributed by atoms with van der Waals surface area (Å²) in [5, 5.41) is 30.0. The molecule has 0 unspecified atom stereocenters. The molecule has 0 aliphatic carbocycles. The number of cyclic esters (lactones) is 1. The van der Waals surface area contributed by atoms with Crippen LogP contribution >= 0.6 is 0 Å². The van der Waals surface area contributed by atoms with E-state index in [0.717, 1.165) is 16.5 Å². The Labute approximate surface area is 519 Å². The summed E-state index contributed by atoms with van der Waals surface area (Å²) in [6, 6.07) is 10.2. The molecule has 2 aromatic heterocycles. The first-order valence-electron chi connectivity index (χ1n) is 29.6. The Hall–Kier alpha value is -9.26. The predicted molar refractivity (Wildman–Crippen MR) is 325 cm³/mol. The Balaban J connectivity index is 0.912. The van der Waals surface area contributed by atoms with E-state index in [4.69, 9.17) is 40.1 Å². The number of carbonyl (C=O) groups excluding carboxylic acids is 10. The van der Waals surface area contributed by atoms with Gasteiger partial charge in [0, 0.05) is 75.5 Å². The third-order valence-corrected chi connectivity index (χ3v) is 14.9. The van der Waals surface area contributed by atoms with E-state index in [9.17, 15) is 57.8 Å². The molecule has 0 radical (unpaired) electrons. The van der Waals surface area contributed by atoms with Crippen LogP contribution in [-0.4, -0.2) is 183 Å². The second-order valence-corrected chi connectivity index (χ2v) is 21.7. The summed E-state index contributed by atoms with van der Waals surface area (Å²) < 4.78 is 29.1. The highest BCUT2D eigenvalue weighted by atomic mass is 16.6. The van der Waals surface area contributed by atoms with E-state index in [1.165, 1.54) is 23.9 Å². The van der Waals surface area contributed by atoms with Crippen LogP contribution in [0.1, 0.15) is 87.6 Å². The second-order valence-electron chi connectivity index (χ2n) is 21.7. The highest BCUT2D eigenvalue weighted by Crippen LogP contribution is 2.41. The Morgan fingerprint density at radius 3 is 2.11 bits per heavy atom. The monoisotopic (exact) mass is 1260 g/mol. The zero-order valence-electron chi connectivity index (χ0n) is 51.4. The molecule has 4 aromatic rings. The fraction of sp³-hybridized carbons (Fsp3) is 0.500. The van der Waals surface area contributed by atoms with Crippen molar-refractivity contribution >= 4 is 76.2 Å². The van der Waals surface area contributed by atoms with E-state index >= 15 is 0 Å². The van der Waals surface area contributed by atoms with Gasteiger partial charge < -0.3 is 91.8 Å². The van der Waals surface area contributed by atoms with Crippen LogP contribution in [0.4, 0.5) is 20.1 Å². The second kappa shape index (κ2) is 33.4. The summed E-state index contributed by atoms with van der Waals surface area (Å²) in [6.07, 6.45) is -0.0489. The maximum absolute atomic E-state index is 13.8. The van der Waals surface area contributed by atoms with Gasteiger partial charge in [-0.25, -0.2) is 24.2 Å². The van der Waals surface area contributed by atoms with Crippen LogP contribution in [0.25, 0.3) is 22.3 Å². The number of likely N-dealkylation sites (N-methyl/N-ethyl adjacent to an activating group) is 2. The molecule has 0 bridgehead atoms. The van der Waals surface area contributed by atoms with Crippen molar-refractivity contribution in [3.63, 3.8) is 0 Å². The first-order chi connectivity index (χ1) is 43.0. The van der Waals surface area contributed by atoms with Gasteiger partial charge in [-0.15, -0.1) is 0 Å². The van der Waals surface area contributed by atoms with Crippen LogP contribution in [0.3, 0.4) is 0 Å². The minimum absolute atomic E-state index is 0.0193. The Morgan fingerprint density at radius 2 is 1.44 bits per heavy atom. The number of primary amides is 1. The van der Waals surface area contributed by atoms with Crippen molar-refractivity contribution in [3.05, 3.63) is 86.7 Å². The molecule has 0 fully saturated rings. The number of fused-ring (bicyclic) bond motifs is 5. The topological polar surface area (TPSA) is 415 Å². The molecule has 488 valence electrons. The van der Waals surface area contributed by atoms with Crippen molar-refractivity contribution in [2.24, 2.45) is 17.4 Å². The minimum Gasteiger partial charge on any atom is -0.458 e. The fourth-order valence-electron chi connectivity index (χ4n) is 9.71. The van der Waals surface area contributed by atoms with E-state index in [-0.39, 0.29) is 134 Å². The molecule has 12 N–H and O–H groups in total. The summed E-state index contributed by atoms with van der Waals surface area (Å²) in [5.41, 5.74) is 12.7. The van der Waals surface area contributed by atoms with Crippen LogP contribution in [0.2, 0.25) is 0 Å². The van der Waals surface area contributed by atoms with Gasteiger partial charge in [0.25, 0.3) is 5.56 Å². The van der Waals surface area contributed by atoms with Crippen molar-refractivity contribution in [3.8, 4) is 17.1 Å². The lowest BCUT2D eigenvalue weighted by Gasteiger charge is -2.31. The molecule has 30 heteroatoms. The fourth-order valence-corrected chi connectivity index (χ4v) is 9.71. The quantitative estimate of drug-likeness (QED) is 0.0202. The largest absolute Gasteiger partial charge is 0.458 e. The lowest BCUT2D eigenvalue weighted by Crippen LogP contribution is -2.54. The molecular formula is C60H81N13O17. The molecule has 0 saturated carbocycles. The van der Waals surface area contributed by atoms with Gasteiger partial charge in [0.05, 0.1) is 68.5 Å². The van der Waals surface area contributed by atoms with Crippen LogP contribution in [0, 0.1) is 5.92 Å². The number of nitrogens with one attached hydrogen (secondary N) is 7. The Kier molecular flexibility index (Phi) is 25.9. The predicted octanol–water partition coefficient (Wildman–Crippen LogP) is 0.474. The number of aliphatic hydroxyl groups is 1. The van der Waals surface area contributed by atoms with Gasteiger partial charge in [-0.1, -0.05) is 39.8 Å². The van der Waals surface area contributed by atoms with E-state index in [2.05, 4.69) is 37.2 Å². The molecule has 10 amide bonds. The zero-order chi connectivity index (χ0) is 65.7. The number of aryl methyl sites for hydroxylation is 1. The SMILES string of the molecule is CCc1c2c(nc3ccc(OC(=O)N(C)CCN(C)C(=O)OCc4ccc(NC(=O)[C@H](CCCNC(N)=O)NC(=O)[C@@H](NC(=O)CCOCCOCCCNC(=O)CNC(=O)CNC(=O)CN)C(C)C)cc4)cc13)-c1cc3c(c(=O)n1C2)COC(=O)[C@]3(O)CC. The summed E-state index contributed by atoms with van der Waals surface area (Å²) in [4.78, 5) is 147. The average Bonchev–Trinajstić information content (AvgIpc) is 1.50. The molecule has 4 heterocycles. The minimum atomic E-state index is -1.96. The van der Waals surface area contributed by atoms with Crippen LogP contribution in [0.5, 0.6) is 5.75 Å². The van der Waals surface area contributed by atoms with E-state index < -0.39 is 83.2 Å². The maximum atomic E-state index is 13.8. The molecular weight excluding hydrogens is 1170 g/mol. The van der Waals surface area contributed by atoms with Gasteiger partial charge in [-0.3, -0.25) is 33.6 Å². The number of benzene rings is 2. The smallest absolute Gasteiger partial charge is 0.415 e. The van der Waals surface area contributed by atoms with Crippen molar-refractivity contribution < 1.29 is 76.7 Å². The number of hydrogen-bond acceptors (Lipinski definition) is 19. The number of pyridine rings is 2. The third-order valence-electron chi connectivity index (χ3n) is 14.9.